The van der Waals surface area contributed by atoms with E-state index < -0.39 is 0 Å². The predicted molar refractivity (Wildman–Crippen MR) is 78.1 cm³/mol. The summed E-state index contributed by atoms with van der Waals surface area (Å²) in [5.74, 6) is 0.426. The largest absolute Gasteiger partial charge is 0.447 e. The lowest BCUT2D eigenvalue weighted by Crippen LogP contribution is -2.34. The van der Waals surface area contributed by atoms with Gasteiger partial charge in [-0.05, 0) is 41.4 Å². The van der Waals surface area contributed by atoms with Crippen LogP contribution in [0.25, 0.3) is 0 Å². The maximum absolute atomic E-state index is 11.7. The molecule has 1 rings (SSSR count). The van der Waals surface area contributed by atoms with Crippen molar-refractivity contribution in [1.29, 1.82) is 0 Å². The molecular weight excluding hydrogens is 329 g/mol. The monoisotopic (exact) mass is 351 g/mol. The normalized spacial score (nSPS) is 21.2. The van der Waals surface area contributed by atoms with E-state index in [1.54, 1.807) is 4.90 Å². The molecule has 1 aliphatic heterocycles. The molecule has 17 heavy (non-hydrogen) atoms. The third kappa shape index (κ3) is 4.16. The first kappa shape index (κ1) is 14.8. The van der Waals surface area contributed by atoms with Crippen LogP contribution in [0.4, 0.5) is 4.79 Å². The Bertz CT molecular complexity index is 289. The van der Waals surface area contributed by atoms with Crippen LogP contribution < -0.4 is 0 Å². The second-order valence-electron chi connectivity index (χ2n) is 4.78. The van der Waals surface area contributed by atoms with Gasteiger partial charge in [0.15, 0.2) is 0 Å². The van der Waals surface area contributed by atoms with Gasteiger partial charge in [0.2, 0.25) is 0 Å². The van der Waals surface area contributed by atoms with Crippen LogP contribution >= 0.6 is 22.6 Å². The number of ether oxygens (including phenoxy) is 1. The van der Waals surface area contributed by atoms with Crippen molar-refractivity contribution in [2.75, 3.05) is 6.61 Å². The third-order valence-corrected chi connectivity index (χ3v) is 3.99. The average molecular weight is 351 g/mol. The van der Waals surface area contributed by atoms with Gasteiger partial charge in [-0.2, -0.15) is 0 Å². The van der Waals surface area contributed by atoms with Crippen LogP contribution in [0.3, 0.4) is 0 Å². The molecule has 1 saturated heterocycles. The lowest BCUT2D eigenvalue weighted by molar-refractivity contribution is 0.166. The molecule has 1 fully saturated rings. The Morgan fingerprint density at radius 2 is 2.29 bits per heavy atom. The highest BCUT2D eigenvalue weighted by atomic mass is 127. The van der Waals surface area contributed by atoms with E-state index in [0.717, 1.165) is 10.1 Å². The molecular formula is C13H22INO2. The molecule has 0 N–H and O–H groups in total. The fourth-order valence-corrected chi connectivity index (χ4v) is 2.75. The van der Waals surface area contributed by atoms with Crippen LogP contribution in [0.2, 0.25) is 0 Å². The number of carbonyl (C=O) groups is 1. The molecule has 0 bridgehead atoms. The lowest BCUT2D eigenvalue weighted by Gasteiger charge is -2.23. The molecule has 1 amide bonds. The molecule has 0 unspecified atom stereocenters. The highest BCUT2D eigenvalue weighted by molar-refractivity contribution is 14.1. The van der Waals surface area contributed by atoms with Crippen molar-refractivity contribution < 1.29 is 9.53 Å². The number of hydrogen-bond donors (Lipinski definition) is 0. The van der Waals surface area contributed by atoms with Gasteiger partial charge in [-0.25, -0.2) is 4.79 Å². The van der Waals surface area contributed by atoms with Gasteiger partial charge >= 0.3 is 6.09 Å². The first-order valence-corrected chi connectivity index (χ1v) is 7.47. The van der Waals surface area contributed by atoms with E-state index in [9.17, 15) is 4.79 Å². The van der Waals surface area contributed by atoms with E-state index in [4.69, 9.17) is 4.74 Å². The summed E-state index contributed by atoms with van der Waals surface area (Å²) in [6.07, 6.45) is 6.67. The summed E-state index contributed by atoms with van der Waals surface area (Å²) in [4.78, 5) is 13.5. The van der Waals surface area contributed by atoms with E-state index in [2.05, 4.69) is 49.4 Å². The van der Waals surface area contributed by atoms with Gasteiger partial charge in [0.1, 0.15) is 6.61 Å². The second-order valence-corrected chi connectivity index (χ2v) is 5.89. The number of amides is 1. The molecule has 3 nitrogen and oxygen atoms in total. The van der Waals surface area contributed by atoms with Gasteiger partial charge in [-0.3, -0.25) is 4.90 Å². The molecule has 1 heterocycles. The molecule has 0 spiro atoms. The first-order valence-electron chi connectivity index (χ1n) is 6.39. The molecule has 0 aliphatic carbocycles. The van der Waals surface area contributed by atoms with Crippen molar-refractivity contribution in [3.8, 4) is 0 Å². The Hall–Kier alpha value is -0.260. The minimum Gasteiger partial charge on any atom is -0.447 e. The minimum absolute atomic E-state index is 0.192. The number of cyclic esters (lactones) is 1. The number of carbonyl (C=O) groups excluding carboxylic acids is 1. The predicted octanol–water partition coefficient (Wildman–Crippen LogP) is 4.32. The Balaban J connectivity index is 2.58. The molecule has 4 heteroatoms. The van der Waals surface area contributed by atoms with Crippen molar-refractivity contribution in [1.82, 2.24) is 4.90 Å². The molecule has 0 radical (unpaired) electrons. The van der Waals surface area contributed by atoms with E-state index in [0.29, 0.717) is 12.5 Å². The molecule has 0 aromatic heterocycles. The maximum atomic E-state index is 11.7. The number of halogens is 1. The van der Waals surface area contributed by atoms with Crippen LogP contribution in [0, 0.1) is 5.92 Å². The number of hydrogen-bond acceptors (Lipinski definition) is 2. The summed E-state index contributed by atoms with van der Waals surface area (Å²) in [5.41, 5.74) is 0. The SMILES string of the molecule is CCCCC/C=C(/I)N1C(=O)OC[C@@H]1C(C)C. The van der Waals surface area contributed by atoms with Crippen LogP contribution in [0.15, 0.2) is 9.78 Å². The number of unbranched alkanes of at least 4 members (excludes halogenated alkanes) is 3. The highest BCUT2D eigenvalue weighted by Crippen LogP contribution is 2.28. The van der Waals surface area contributed by atoms with Crippen molar-refractivity contribution in [3.05, 3.63) is 9.78 Å². The molecule has 0 saturated carbocycles. The zero-order valence-electron chi connectivity index (χ0n) is 10.9. The Labute approximate surface area is 118 Å². The Morgan fingerprint density at radius 3 is 2.88 bits per heavy atom. The summed E-state index contributed by atoms with van der Waals surface area (Å²) in [5, 5.41) is 0. The van der Waals surface area contributed by atoms with Gasteiger partial charge in [0.25, 0.3) is 0 Å². The van der Waals surface area contributed by atoms with Gasteiger partial charge in [-0.1, -0.05) is 39.7 Å². The zero-order valence-corrected chi connectivity index (χ0v) is 13.1. The standard InChI is InChI=1S/C13H22INO2/c1-4-5-6-7-8-12(14)15-11(10(2)3)9-17-13(15)16/h8,10-11H,4-7,9H2,1-3H3/b12-8-/t11-/m1/s1. The fourth-order valence-electron chi connectivity index (χ4n) is 1.89. The summed E-state index contributed by atoms with van der Waals surface area (Å²) in [6.45, 7) is 6.97. The molecule has 98 valence electrons. The Kier molecular flexibility index (Phi) is 6.30. The van der Waals surface area contributed by atoms with E-state index in [1.807, 2.05) is 0 Å². The quantitative estimate of drug-likeness (QED) is 0.405. The summed E-state index contributed by atoms with van der Waals surface area (Å²) < 4.78 is 6.14. The fraction of sp³-hybridized carbons (Fsp3) is 0.769. The van der Waals surface area contributed by atoms with E-state index in [1.165, 1.54) is 19.3 Å². The maximum Gasteiger partial charge on any atom is 0.415 e. The minimum atomic E-state index is -0.195. The third-order valence-electron chi connectivity index (χ3n) is 3.03. The summed E-state index contributed by atoms with van der Waals surface area (Å²) in [6, 6.07) is 0.192. The van der Waals surface area contributed by atoms with E-state index in [-0.39, 0.29) is 12.1 Å². The average Bonchev–Trinajstić information content (AvgIpc) is 2.66. The van der Waals surface area contributed by atoms with Crippen molar-refractivity contribution in [3.63, 3.8) is 0 Å². The van der Waals surface area contributed by atoms with Crippen LogP contribution in [0.1, 0.15) is 46.5 Å². The molecule has 1 aliphatic rings. The lowest BCUT2D eigenvalue weighted by atomic mass is 10.1. The second kappa shape index (κ2) is 7.24. The van der Waals surface area contributed by atoms with Gasteiger partial charge < -0.3 is 4.74 Å². The van der Waals surface area contributed by atoms with Crippen molar-refractivity contribution >= 4 is 28.7 Å². The summed E-state index contributed by atoms with van der Waals surface area (Å²) in [7, 11) is 0. The van der Waals surface area contributed by atoms with E-state index >= 15 is 0 Å². The first-order chi connectivity index (χ1) is 8.07. The van der Waals surface area contributed by atoms with Crippen molar-refractivity contribution in [2.45, 2.75) is 52.5 Å². The number of allylic oxidation sites excluding steroid dienone is 1. The Morgan fingerprint density at radius 1 is 1.59 bits per heavy atom. The van der Waals surface area contributed by atoms with Crippen LogP contribution in [0.5, 0.6) is 0 Å². The molecule has 0 aromatic carbocycles. The van der Waals surface area contributed by atoms with Crippen molar-refractivity contribution in [2.24, 2.45) is 5.92 Å². The molecule has 0 aromatic rings. The topological polar surface area (TPSA) is 29.5 Å². The number of rotatable bonds is 6. The van der Waals surface area contributed by atoms with Gasteiger partial charge in [-0.15, -0.1) is 0 Å². The zero-order chi connectivity index (χ0) is 12.8. The molecule has 1 atom stereocenters. The summed E-state index contributed by atoms with van der Waals surface area (Å²) >= 11 is 2.25. The van der Waals surface area contributed by atoms with Gasteiger partial charge in [0.05, 0.1) is 9.75 Å². The van der Waals surface area contributed by atoms with Gasteiger partial charge in [0, 0.05) is 0 Å². The van der Waals surface area contributed by atoms with Crippen LogP contribution in [-0.2, 0) is 4.74 Å². The highest BCUT2D eigenvalue weighted by Gasteiger charge is 2.36. The smallest absolute Gasteiger partial charge is 0.415 e. The van der Waals surface area contributed by atoms with Crippen LogP contribution in [-0.4, -0.2) is 23.6 Å². The number of nitrogens with zero attached hydrogens (tertiary/aromatic N) is 1.